The second-order valence-electron chi connectivity index (χ2n) is 14.2. The van der Waals surface area contributed by atoms with E-state index in [1.807, 2.05) is 0 Å². The van der Waals surface area contributed by atoms with E-state index in [1.165, 1.54) is 52.0 Å². The highest BCUT2D eigenvalue weighted by Crippen LogP contribution is 2.51. The summed E-state index contributed by atoms with van der Waals surface area (Å²) in [6.45, 7) is 16.4. The number of ether oxygens (including phenoxy) is 5. The van der Waals surface area contributed by atoms with Gasteiger partial charge in [-0.1, -0.05) is 71.5 Å². The molecule has 9 atom stereocenters. The Labute approximate surface area is 291 Å². The molecule has 0 aromatic heterocycles. The molecule has 3 rings (SSSR count). The first-order valence-electron chi connectivity index (χ1n) is 16.4. The van der Waals surface area contributed by atoms with Crippen LogP contribution in [-0.4, -0.2) is 87.6 Å². The van der Waals surface area contributed by atoms with Crippen LogP contribution >= 0.6 is 0 Å². The van der Waals surface area contributed by atoms with E-state index in [9.17, 15) is 39.0 Å². The van der Waals surface area contributed by atoms with E-state index in [2.05, 4.69) is 6.58 Å². The molecule has 274 valence electrons. The summed E-state index contributed by atoms with van der Waals surface area (Å²) in [5.41, 5.74) is -6.11. The highest BCUT2D eigenvalue weighted by atomic mass is 16.6. The number of esters is 5. The zero-order chi connectivity index (χ0) is 37.9. The topological polar surface area (TPSA) is 189 Å². The van der Waals surface area contributed by atoms with Crippen LogP contribution in [0.4, 0.5) is 0 Å². The Morgan fingerprint density at radius 3 is 1.88 bits per heavy atom. The summed E-state index contributed by atoms with van der Waals surface area (Å²) in [7, 11) is 0. The predicted octanol–water partition coefficient (Wildman–Crippen LogP) is 3.43. The van der Waals surface area contributed by atoms with Crippen molar-refractivity contribution in [3.63, 3.8) is 0 Å². The van der Waals surface area contributed by atoms with Crippen LogP contribution in [0.3, 0.4) is 0 Å². The number of carbonyl (C=O) groups excluding carboxylic acids is 6. The van der Waals surface area contributed by atoms with Crippen LogP contribution in [0.5, 0.6) is 0 Å². The minimum absolute atomic E-state index is 0.0639. The Bertz CT molecular complexity index is 1520. The molecule has 1 saturated carbocycles. The molecular formula is C37H48O13. The summed E-state index contributed by atoms with van der Waals surface area (Å²) in [5, 5.41) is 24.1. The van der Waals surface area contributed by atoms with Crippen LogP contribution in [0.25, 0.3) is 0 Å². The average molecular weight is 701 g/mol. The largest absolute Gasteiger partial charge is 0.459 e. The monoisotopic (exact) mass is 700 g/mol. The number of fused-ring (bicyclic) bond motifs is 1. The van der Waals surface area contributed by atoms with Crippen LogP contribution in [0.15, 0.2) is 54.6 Å². The van der Waals surface area contributed by atoms with Crippen LogP contribution in [0.1, 0.15) is 79.1 Å². The number of allylic oxidation sites excluding steroid dienone is 1. The molecule has 1 fully saturated rings. The van der Waals surface area contributed by atoms with Gasteiger partial charge in [0.2, 0.25) is 0 Å². The molecule has 13 heteroatoms. The molecule has 0 spiro atoms. The lowest BCUT2D eigenvalue weighted by Gasteiger charge is -2.44. The van der Waals surface area contributed by atoms with Crippen molar-refractivity contribution in [3.05, 3.63) is 60.2 Å². The SMILES string of the molecule is C=C1[C@@H](OC(=O)c2ccccc2)C(OC(C)=O)[C@@H](OC(C)=O)C(C)(C)C=C[C@H](C)C(=O)[C@@]2(O)C[C@@](C)(O)[C@H](OC(C)=O)[C@@H]2[C@H]1OC(=O)C(C)C. The Kier molecular flexibility index (Phi) is 12.2. The van der Waals surface area contributed by atoms with Crippen molar-refractivity contribution in [2.75, 3.05) is 0 Å². The van der Waals surface area contributed by atoms with E-state index in [0.717, 1.165) is 20.8 Å². The molecule has 0 heterocycles. The third-order valence-electron chi connectivity index (χ3n) is 9.01. The molecule has 13 nitrogen and oxygen atoms in total. The fraction of sp³-hybridized carbons (Fsp3) is 0.568. The summed E-state index contributed by atoms with van der Waals surface area (Å²) >= 11 is 0. The Morgan fingerprint density at radius 2 is 1.36 bits per heavy atom. The molecule has 0 bridgehead atoms. The van der Waals surface area contributed by atoms with Crippen molar-refractivity contribution >= 4 is 35.6 Å². The van der Waals surface area contributed by atoms with Gasteiger partial charge in [0.25, 0.3) is 0 Å². The van der Waals surface area contributed by atoms with E-state index >= 15 is 0 Å². The van der Waals surface area contributed by atoms with Gasteiger partial charge in [0.15, 0.2) is 24.1 Å². The molecule has 1 aromatic carbocycles. The maximum Gasteiger partial charge on any atom is 0.338 e. The molecule has 0 aliphatic heterocycles. The number of hydrogen-bond acceptors (Lipinski definition) is 13. The number of rotatable bonds is 7. The average Bonchev–Trinajstić information content (AvgIpc) is 3.21. The van der Waals surface area contributed by atoms with Gasteiger partial charge in [0, 0.05) is 44.1 Å². The molecule has 2 aliphatic rings. The van der Waals surface area contributed by atoms with Crippen LogP contribution < -0.4 is 0 Å². The van der Waals surface area contributed by atoms with Crippen molar-refractivity contribution in [1.82, 2.24) is 0 Å². The third-order valence-corrected chi connectivity index (χ3v) is 9.01. The third kappa shape index (κ3) is 8.67. The van der Waals surface area contributed by atoms with Gasteiger partial charge in [-0.05, 0) is 19.1 Å². The first-order chi connectivity index (χ1) is 23.0. The summed E-state index contributed by atoms with van der Waals surface area (Å²) in [6.07, 6.45) is -6.05. The molecule has 50 heavy (non-hydrogen) atoms. The molecule has 0 saturated heterocycles. The van der Waals surface area contributed by atoms with Gasteiger partial charge < -0.3 is 33.9 Å². The predicted molar refractivity (Wildman–Crippen MR) is 177 cm³/mol. The lowest BCUT2D eigenvalue weighted by Crippen LogP contribution is -2.58. The number of Topliss-reactive ketones (excluding diaryl/α,β-unsaturated/α-hetero) is 1. The zero-order valence-corrected chi connectivity index (χ0v) is 30.0. The van der Waals surface area contributed by atoms with E-state index in [-0.39, 0.29) is 11.1 Å². The molecule has 2 aliphatic carbocycles. The first-order valence-corrected chi connectivity index (χ1v) is 16.4. The Hall–Kier alpha value is -4.36. The number of benzene rings is 1. The number of hydrogen-bond donors (Lipinski definition) is 2. The maximum atomic E-state index is 14.3. The van der Waals surface area contributed by atoms with Crippen molar-refractivity contribution < 1.29 is 62.7 Å². The fourth-order valence-corrected chi connectivity index (χ4v) is 6.62. The molecular weight excluding hydrogens is 652 g/mol. The van der Waals surface area contributed by atoms with E-state index in [0.29, 0.717) is 0 Å². The van der Waals surface area contributed by atoms with E-state index < -0.39 is 107 Å². The maximum absolute atomic E-state index is 14.3. The summed E-state index contributed by atoms with van der Waals surface area (Å²) in [6, 6.07) is 7.74. The molecule has 0 amide bonds. The summed E-state index contributed by atoms with van der Waals surface area (Å²) in [5.74, 6) is -8.74. The van der Waals surface area contributed by atoms with Gasteiger partial charge in [-0.2, -0.15) is 0 Å². The van der Waals surface area contributed by atoms with Crippen molar-refractivity contribution in [2.24, 2.45) is 23.2 Å². The zero-order valence-electron chi connectivity index (χ0n) is 30.0. The van der Waals surface area contributed by atoms with Crippen LogP contribution in [-0.2, 0) is 47.7 Å². The highest BCUT2D eigenvalue weighted by Gasteiger charge is 2.68. The lowest BCUT2D eigenvalue weighted by atomic mass is 9.72. The van der Waals surface area contributed by atoms with Crippen molar-refractivity contribution in [3.8, 4) is 0 Å². The highest BCUT2D eigenvalue weighted by molar-refractivity contribution is 5.92. The van der Waals surface area contributed by atoms with Gasteiger partial charge in [0.05, 0.1) is 17.4 Å². The van der Waals surface area contributed by atoms with Crippen LogP contribution in [0.2, 0.25) is 0 Å². The smallest absolute Gasteiger partial charge is 0.338 e. The quantitative estimate of drug-likeness (QED) is 0.239. The molecule has 2 N–H and O–H groups in total. The first kappa shape index (κ1) is 40.1. The van der Waals surface area contributed by atoms with Crippen LogP contribution in [0, 0.1) is 23.2 Å². The normalized spacial score (nSPS) is 32.5. The molecule has 1 unspecified atom stereocenters. The lowest BCUT2D eigenvalue weighted by molar-refractivity contribution is -0.187. The number of aliphatic hydroxyl groups is 2. The number of ketones is 1. The van der Waals surface area contributed by atoms with Gasteiger partial charge in [-0.25, -0.2) is 4.79 Å². The van der Waals surface area contributed by atoms with Gasteiger partial charge in [0.1, 0.15) is 23.4 Å². The summed E-state index contributed by atoms with van der Waals surface area (Å²) in [4.78, 5) is 79.3. The van der Waals surface area contributed by atoms with Gasteiger partial charge in [-0.3, -0.25) is 24.0 Å². The van der Waals surface area contributed by atoms with Crippen molar-refractivity contribution in [2.45, 2.75) is 110 Å². The van der Waals surface area contributed by atoms with E-state index in [1.54, 1.807) is 32.0 Å². The minimum atomic E-state index is -2.53. The fourth-order valence-electron chi connectivity index (χ4n) is 6.62. The minimum Gasteiger partial charge on any atom is -0.459 e. The van der Waals surface area contributed by atoms with Crippen molar-refractivity contribution in [1.29, 1.82) is 0 Å². The van der Waals surface area contributed by atoms with E-state index in [4.69, 9.17) is 23.7 Å². The molecule has 0 radical (unpaired) electrons. The van der Waals surface area contributed by atoms with Gasteiger partial charge in [-0.15, -0.1) is 0 Å². The standard InChI is InChI=1S/C37H48O13/c1-19(2)33(42)49-27-21(4)28(50-34(43)25-14-12-11-13-15-25)29(46-22(5)38)32(48-24(7)40)35(8,9)17-16-20(3)30(41)37(45)18-36(10,44)31(26(27)37)47-23(6)39/h11-17,19-20,26-29,31-32,44-45H,4,18H2,1-3,5-10H3/t20-,26-,27-,28+,29?,31+,32+,36+,37+/m0/s1. The molecule has 1 aromatic rings. The Morgan fingerprint density at radius 1 is 0.820 bits per heavy atom. The summed E-state index contributed by atoms with van der Waals surface area (Å²) < 4.78 is 29.1. The second-order valence-corrected chi connectivity index (χ2v) is 14.2. The number of carbonyl (C=O) groups is 6. The second kappa shape index (κ2) is 15.3. The Balaban J connectivity index is 2.49. The van der Waals surface area contributed by atoms with Gasteiger partial charge >= 0.3 is 29.8 Å².